The van der Waals surface area contributed by atoms with Crippen molar-refractivity contribution in [1.82, 2.24) is 0 Å². The molecule has 14 heteroatoms. The lowest BCUT2D eigenvalue weighted by Crippen LogP contribution is -2.19. The molecule has 0 aromatic heterocycles. The number of hydrogen-bond acceptors (Lipinski definition) is 12. The Morgan fingerprint density at radius 2 is 1.11 bits per heavy atom. The lowest BCUT2D eigenvalue weighted by molar-refractivity contribution is -0.164. The zero-order valence-electron chi connectivity index (χ0n) is 28.8. The van der Waals surface area contributed by atoms with E-state index < -0.39 is 53.9 Å². The quantitative estimate of drug-likeness (QED) is 0.145. The summed E-state index contributed by atoms with van der Waals surface area (Å²) < 4.78 is 13.2. The summed E-state index contributed by atoms with van der Waals surface area (Å²) in [6, 6.07) is 0. The van der Waals surface area contributed by atoms with Gasteiger partial charge in [-0.25, -0.2) is 4.79 Å². The van der Waals surface area contributed by atoms with Crippen LogP contribution in [-0.4, -0.2) is 69.2 Å². The van der Waals surface area contributed by atoms with Gasteiger partial charge in [0.15, 0.2) is 0 Å². The lowest BCUT2D eigenvalue weighted by Gasteiger charge is -2.08. The number of ether oxygens (including phenoxy) is 3. The van der Waals surface area contributed by atoms with Crippen LogP contribution < -0.4 is 0 Å². The predicted molar refractivity (Wildman–Crippen MR) is 164 cm³/mol. The summed E-state index contributed by atoms with van der Waals surface area (Å²) in [5.41, 5.74) is 0. The van der Waals surface area contributed by atoms with Gasteiger partial charge in [-0.3, -0.25) is 33.6 Å². The fourth-order valence-electron chi connectivity index (χ4n) is 1.80. The van der Waals surface area contributed by atoms with Crippen LogP contribution in [0.5, 0.6) is 0 Å². The van der Waals surface area contributed by atoms with Crippen molar-refractivity contribution >= 4 is 47.8 Å². The van der Waals surface area contributed by atoms with E-state index in [0.29, 0.717) is 32.1 Å². The smallest absolute Gasteiger partial charge is 0.332 e. The second-order valence-corrected chi connectivity index (χ2v) is 10.2. The van der Waals surface area contributed by atoms with E-state index in [1.807, 2.05) is 34.6 Å². The lowest BCUT2D eigenvalue weighted by atomic mass is 10.1. The Hall–Kier alpha value is -3.68. The minimum absolute atomic E-state index is 0.184. The Kier molecular flexibility index (Phi) is 37.6. The minimum Gasteiger partial charge on any atom is -0.481 e. The SMILES string of the molecule is CC(O)C(=O)O.CCC(=O)OC(C)=O.CCC(C)C(=O)OC(=O)CC(C)C.CCCC(=O)OC(=O)C(C)C.CCCCC(=O)O. The molecule has 0 heterocycles. The summed E-state index contributed by atoms with van der Waals surface area (Å²) in [5, 5.41) is 23.8. The number of aliphatic hydroxyl groups excluding tert-OH is 1. The average molecular weight is 653 g/mol. The average Bonchev–Trinajstić information content (AvgIpc) is 2.91. The van der Waals surface area contributed by atoms with Crippen molar-refractivity contribution in [1.29, 1.82) is 0 Å². The third-order valence-electron chi connectivity index (χ3n) is 4.59. The molecule has 0 rings (SSSR count). The molecule has 2 atom stereocenters. The number of aliphatic carboxylic acids is 2. The molecule has 0 aromatic rings. The van der Waals surface area contributed by atoms with Crippen LogP contribution in [0, 0.1) is 17.8 Å². The van der Waals surface area contributed by atoms with Crippen LogP contribution in [0.15, 0.2) is 0 Å². The Morgan fingerprint density at radius 1 is 0.644 bits per heavy atom. The van der Waals surface area contributed by atoms with Gasteiger partial charge in [0.1, 0.15) is 6.10 Å². The fourth-order valence-corrected chi connectivity index (χ4v) is 1.80. The van der Waals surface area contributed by atoms with Gasteiger partial charge in [-0.05, 0) is 32.1 Å². The van der Waals surface area contributed by atoms with E-state index in [1.165, 1.54) is 13.8 Å². The molecule has 0 bridgehead atoms. The first kappa shape index (κ1) is 50.9. The third kappa shape index (κ3) is 47.5. The van der Waals surface area contributed by atoms with Gasteiger partial charge in [-0.1, -0.05) is 68.7 Å². The van der Waals surface area contributed by atoms with E-state index in [2.05, 4.69) is 14.2 Å². The zero-order chi connectivity index (χ0) is 36.7. The largest absolute Gasteiger partial charge is 0.481 e. The molecular weight excluding hydrogens is 596 g/mol. The second-order valence-electron chi connectivity index (χ2n) is 10.2. The van der Waals surface area contributed by atoms with Gasteiger partial charge in [0.05, 0.1) is 11.8 Å². The molecule has 0 aliphatic carbocycles. The van der Waals surface area contributed by atoms with Crippen LogP contribution in [0.2, 0.25) is 0 Å². The summed E-state index contributed by atoms with van der Waals surface area (Å²) in [7, 11) is 0. The highest BCUT2D eigenvalue weighted by Crippen LogP contribution is 2.07. The summed E-state index contributed by atoms with van der Waals surface area (Å²) in [6.07, 6.45) is 3.14. The molecule has 0 amide bonds. The minimum atomic E-state index is -1.23. The monoisotopic (exact) mass is 652 g/mol. The zero-order valence-corrected chi connectivity index (χ0v) is 28.8. The normalized spacial score (nSPS) is 10.7. The number of carboxylic acids is 2. The molecule has 0 spiro atoms. The molecule has 0 fully saturated rings. The summed E-state index contributed by atoms with van der Waals surface area (Å²) in [6.45, 7) is 18.7. The van der Waals surface area contributed by atoms with E-state index >= 15 is 0 Å². The molecule has 0 saturated carbocycles. The van der Waals surface area contributed by atoms with Crippen LogP contribution in [-0.2, 0) is 52.6 Å². The maximum atomic E-state index is 11.1. The predicted octanol–water partition coefficient (Wildman–Crippen LogP) is 4.86. The maximum Gasteiger partial charge on any atom is 0.332 e. The van der Waals surface area contributed by atoms with E-state index in [1.54, 1.807) is 27.7 Å². The number of carboxylic acid groups (broad SMARTS) is 2. The van der Waals surface area contributed by atoms with E-state index in [4.69, 9.17) is 15.3 Å². The molecule has 14 nitrogen and oxygen atoms in total. The topological polar surface area (TPSA) is 225 Å². The van der Waals surface area contributed by atoms with Gasteiger partial charge in [0.2, 0.25) is 0 Å². The Balaban J connectivity index is -0.000000153. The van der Waals surface area contributed by atoms with E-state index in [9.17, 15) is 38.4 Å². The van der Waals surface area contributed by atoms with Crippen LogP contribution in [0.3, 0.4) is 0 Å². The van der Waals surface area contributed by atoms with Crippen LogP contribution in [0.25, 0.3) is 0 Å². The van der Waals surface area contributed by atoms with Crippen LogP contribution in [0.4, 0.5) is 0 Å². The molecule has 0 aliphatic heterocycles. The summed E-state index contributed by atoms with van der Waals surface area (Å²) in [4.78, 5) is 83.0. The summed E-state index contributed by atoms with van der Waals surface area (Å²) >= 11 is 0. The molecular formula is C31H56O14. The van der Waals surface area contributed by atoms with Gasteiger partial charge >= 0.3 is 47.8 Å². The van der Waals surface area contributed by atoms with Crippen molar-refractivity contribution in [3.63, 3.8) is 0 Å². The van der Waals surface area contributed by atoms with Gasteiger partial charge in [-0.2, -0.15) is 0 Å². The van der Waals surface area contributed by atoms with Crippen molar-refractivity contribution in [3.8, 4) is 0 Å². The first-order valence-electron chi connectivity index (χ1n) is 15.0. The van der Waals surface area contributed by atoms with Gasteiger partial charge in [-0.15, -0.1) is 0 Å². The number of hydrogen-bond donors (Lipinski definition) is 3. The highest BCUT2D eigenvalue weighted by molar-refractivity contribution is 5.87. The number of carbonyl (C=O) groups excluding carboxylic acids is 6. The molecule has 0 aliphatic rings. The van der Waals surface area contributed by atoms with Crippen molar-refractivity contribution in [2.45, 2.75) is 134 Å². The van der Waals surface area contributed by atoms with Crippen molar-refractivity contribution < 1.29 is 67.9 Å². The van der Waals surface area contributed by atoms with Crippen LogP contribution in [0.1, 0.15) is 128 Å². The maximum absolute atomic E-state index is 11.1. The summed E-state index contributed by atoms with van der Waals surface area (Å²) in [5.74, 6) is -4.77. The number of rotatable bonds is 12. The number of aliphatic hydroxyl groups is 1. The molecule has 0 radical (unpaired) electrons. The van der Waals surface area contributed by atoms with Crippen LogP contribution >= 0.6 is 0 Å². The van der Waals surface area contributed by atoms with E-state index in [0.717, 1.165) is 12.8 Å². The molecule has 264 valence electrons. The van der Waals surface area contributed by atoms with Crippen molar-refractivity contribution in [2.24, 2.45) is 17.8 Å². The number of carbonyl (C=O) groups is 8. The Labute approximate surface area is 267 Å². The molecule has 0 saturated heterocycles. The highest BCUT2D eigenvalue weighted by atomic mass is 16.6. The highest BCUT2D eigenvalue weighted by Gasteiger charge is 2.17. The first-order chi connectivity index (χ1) is 20.6. The molecule has 3 N–H and O–H groups in total. The Bertz CT molecular complexity index is 876. The van der Waals surface area contributed by atoms with Gasteiger partial charge in [0.25, 0.3) is 0 Å². The third-order valence-corrected chi connectivity index (χ3v) is 4.59. The van der Waals surface area contributed by atoms with Gasteiger partial charge in [0, 0.05) is 32.6 Å². The second kappa shape index (κ2) is 33.2. The Morgan fingerprint density at radius 3 is 1.36 bits per heavy atom. The standard InChI is InChI=1S/C10H18O3.C8H14O3.C5H8O3.C5H10O2.C3H6O3/c1-5-8(4)10(12)13-9(11)6-7(2)3;1-4-5-7(9)11-8(10)6(2)3;1-3-5(7)8-4(2)6;1-2-3-4-5(6)7;1-2(4)3(5)6/h7-8H,5-6H2,1-4H3;6H,4-5H2,1-3H3;3H2,1-2H3;2-4H2,1H3,(H,6,7);2,4H,1H3,(H,5,6). The van der Waals surface area contributed by atoms with Crippen molar-refractivity contribution in [3.05, 3.63) is 0 Å². The first-order valence-corrected chi connectivity index (χ1v) is 15.0. The fraction of sp³-hybridized carbons (Fsp3) is 0.742. The number of esters is 6. The molecule has 0 aromatic carbocycles. The van der Waals surface area contributed by atoms with Gasteiger partial charge < -0.3 is 29.5 Å². The van der Waals surface area contributed by atoms with E-state index in [-0.39, 0.29) is 24.2 Å². The molecule has 45 heavy (non-hydrogen) atoms. The van der Waals surface area contributed by atoms with Crippen molar-refractivity contribution in [2.75, 3.05) is 0 Å². The molecule has 2 unspecified atom stereocenters. The number of unbranched alkanes of at least 4 members (excludes halogenated alkanes) is 1.